The molecule has 1 fully saturated rings. The highest BCUT2D eigenvalue weighted by molar-refractivity contribution is 9.10. The Bertz CT molecular complexity index is 439. The van der Waals surface area contributed by atoms with Crippen molar-refractivity contribution in [3.63, 3.8) is 0 Å². The average molecular weight is 300 g/mol. The molecule has 2 rings (SSSR count). The highest BCUT2D eigenvalue weighted by Crippen LogP contribution is 2.20. The van der Waals surface area contributed by atoms with Crippen LogP contribution < -0.4 is 4.74 Å². The maximum Gasteiger partial charge on any atom is 0.235 e. The minimum Gasteiger partial charge on any atom is -0.471 e. The predicted octanol–water partition coefficient (Wildman–Crippen LogP) is 1.55. The monoisotopic (exact) mass is 299 g/mol. The lowest BCUT2D eigenvalue weighted by Gasteiger charge is -2.15. The molecule has 5 nitrogen and oxygen atoms in total. The van der Waals surface area contributed by atoms with E-state index in [4.69, 9.17) is 4.74 Å². The van der Waals surface area contributed by atoms with E-state index in [1.165, 1.54) is 0 Å². The molecule has 1 aliphatic heterocycles. The molecule has 6 heteroatoms. The average Bonchev–Trinajstić information content (AvgIpc) is 2.71. The van der Waals surface area contributed by atoms with E-state index >= 15 is 0 Å². The first-order valence-corrected chi connectivity index (χ1v) is 6.27. The van der Waals surface area contributed by atoms with Crippen LogP contribution in [0.15, 0.2) is 10.8 Å². The number of halogens is 1. The summed E-state index contributed by atoms with van der Waals surface area (Å²) in [5, 5.41) is 0. The minimum atomic E-state index is 0.0214. The summed E-state index contributed by atoms with van der Waals surface area (Å²) in [6, 6.07) is 0. The first-order valence-electron chi connectivity index (χ1n) is 5.47. The van der Waals surface area contributed by atoms with Crippen LogP contribution in [0.4, 0.5) is 0 Å². The van der Waals surface area contributed by atoms with Gasteiger partial charge in [0.05, 0.1) is 12.7 Å². The van der Waals surface area contributed by atoms with Crippen molar-refractivity contribution in [1.29, 1.82) is 0 Å². The lowest BCUT2D eigenvalue weighted by Crippen LogP contribution is -2.29. The fourth-order valence-electron chi connectivity index (χ4n) is 1.83. The summed E-state index contributed by atoms with van der Waals surface area (Å²) >= 11 is 3.26. The van der Waals surface area contributed by atoms with Gasteiger partial charge in [-0.2, -0.15) is 0 Å². The van der Waals surface area contributed by atoms with Crippen molar-refractivity contribution in [2.45, 2.75) is 26.4 Å². The van der Waals surface area contributed by atoms with E-state index in [2.05, 4.69) is 25.9 Å². The van der Waals surface area contributed by atoms with E-state index in [-0.39, 0.29) is 12.0 Å². The number of carbonyl (C=O) groups excluding carboxylic acids is 1. The Balaban J connectivity index is 2.00. The fourth-order valence-corrected chi connectivity index (χ4v) is 2.19. The van der Waals surface area contributed by atoms with Gasteiger partial charge in [0, 0.05) is 19.9 Å². The number of nitrogens with zero attached hydrogens (tertiary/aromatic N) is 3. The number of hydrogen-bond donors (Lipinski definition) is 0. The molecule has 0 bridgehead atoms. The van der Waals surface area contributed by atoms with Crippen molar-refractivity contribution in [2.75, 3.05) is 13.1 Å². The molecule has 1 saturated heterocycles. The van der Waals surface area contributed by atoms with Crippen LogP contribution in [0.5, 0.6) is 5.88 Å². The molecule has 1 atom stereocenters. The van der Waals surface area contributed by atoms with Gasteiger partial charge in [-0.15, -0.1) is 0 Å². The largest absolute Gasteiger partial charge is 0.471 e. The molecular formula is C11H14BrN3O2. The lowest BCUT2D eigenvalue weighted by atomic mass is 10.3. The normalized spacial score (nSPS) is 19.5. The molecule has 0 spiro atoms. The van der Waals surface area contributed by atoms with Crippen LogP contribution in [0.25, 0.3) is 0 Å². The third kappa shape index (κ3) is 2.94. The van der Waals surface area contributed by atoms with Gasteiger partial charge in [0.15, 0.2) is 0 Å². The summed E-state index contributed by atoms with van der Waals surface area (Å²) in [4.78, 5) is 21.4. The van der Waals surface area contributed by atoms with Crippen molar-refractivity contribution in [1.82, 2.24) is 14.9 Å². The molecular weight excluding hydrogens is 286 g/mol. The standard InChI is InChI=1S/C11H14BrN3O2/c1-7-11(13-5-10(12)14-7)17-9-3-4-15(6-9)8(2)16/h5,9H,3-4,6H2,1-2H3. The lowest BCUT2D eigenvalue weighted by molar-refractivity contribution is -0.128. The van der Waals surface area contributed by atoms with Crippen molar-refractivity contribution in [3.8, 4) is 5.88 Å². The quantitative estimate of drug-likeness (QED) is 0.831. The predicted molar refractivity (Wildman–Crippen MR) is 65.8 cm³/mol. The van der Waals surface area contributed by atoms with Crippen LogP contribution in [0.2, 0.25) is 0 Å². The minimum absolute atomic E-state index is 0.0214. The molecule has 0 radical (unpaired) electrons. The summed E-state index contributed by atoms with van der Waals surface area (Å²) in [5.41, 5.74) is 0.751. The number of ether oxygens (including phenoxy) is 1. The summed E-state index contributed by atoms with van der Waals surface area (Å²) in [6.45, 7) is 4.81. The van der Waals surface area contributed by atoms with Crippen LogP contribution >= 0.6 is 15.9 Å². The molecule has 0 aliphatic carbocycles. The number of likely N-dealkylation sites (tertiary alicyclic amines) is 1. The second kappa shape index (κ2) is 5.00. The summed E-state index contributed by atoms with van der Waals surface area (Å²) < 4.78 is 6.45. The third-order valence-corrected chi connectivity index (χ3v) is 3.12. The zero-order valence-electron chi connectivity index (χ0n) is 9.81. The van der Waals surface area contributed by atoms with Gasteiger partial charge < -0.3 is 9.64 Å². The van der Waals surface area contributed by atoms with Crippen LogP contribution in [-0.4, -0.2) is 40.0 Å². The SMILES string of the molecule is CC(=O)N1CCC(Oc2ncc(Br)nc2C)C1. The number of carbonyl (C=O) groups is 1. The van der Waals surface area contributed by atoms with E-state index in [0.29, 0.717) is 17.0 Å². The first-order chi connectivity index (χ1) is 8.06. The highest BCUT2D eigenvalue weighted by Gasteiger charge is 2.26. The molecule has 17 heavy (non-hydrogen) atoms. The van der Waals surface area contributed by atoms with Crippen molar-refractivity contribution in [3.05, 3.63) is 16.5 Å². The van der Waals surface area contributed by atoms with Crippen LogP contribution in [0, 0.1) is 6.92 Å². The van der Waals surface area contributed by atoms with Crippen LogP contribution in [0.1, 0.15) is 19.0 Å². The summed E-state index contributed by atoms with van der Waals surface area (Å²) in [7, 11) is 0. The molecule has 0 aromatic carbocycles. The van der Waals surface area contributed by atoms with Crippen LogP contribution in [0.3, 0.4) is 0 Å². The molecule has 1 amide bonds. The van der Waals surface area contributed by atoms with Gasteiger partial charge in [-0.25, -0.2) is 9.97 Å². The van der Waals surface area contributed by atoms with Crippen LogP contribution in [-0.2, 0) is 4.79 Å². The second-order valence-electron chi connectivity index (χ2n) is 4.08. The zero-order valence-corrected chi connectivity index (χ0v) is 11.4. The molecule has 1 unspecified atom stereocenters. The van der Waals surface area contributed by atoms with E-state index < -0.39 is 0 Å². The molecule has 2 heterocycles. The second-order valence-corrected chi connectivity index (χ2v) is 4.89. The highest BCUT2D eigenvalue weighted by atomic mass is 79.9. The first kappa shape index (κ1) is 12.3. The molecule has 0 saturated carbocycles. The Labute approximate surface area is 108 Å². The Kier molecular flexibility index (Phi) is 3.61. The van der Waals surface area contributed by atoms with Crippen molar-refractivity contribution >= 4 is 21.8 Å². The van der Waals surface area contributed by atoms with E-state index in [1.54, 1.807) is 18.0 Å². The zero-order chi connectivity index (χ0) is 12.4. The molecule has 1 aromatic rings. The van der Waals surface area contributed by atoms with E-state index in [0.717, 1.165) is 18.7 Å². The number of aryl methyl sites for hydroxylation is 1. The Hall–Kier alpha value is -1.17. The van der Waals surface area contributed by atoms with Crippen molar-refractivity contribution < 1.29 is 9.53 Å². The van der Waals surface area contributed by atoms with Gasteiger partial charge >= 0.3 is 0 Å². The number of aromatic nitrogens is 2. The Morgan fingerprint density at radius 2 is 2.41 bits per heavy atom. The number of rotatable bonds is 2. The Morgan fingerprint density at radius 3 is 3.00 bits per heavy atom. The fraction of sp³-hybridized carbons (Fsp3) is 0.545. The smallest absolute Gasteiger partial charge is 0.235 e. The molecule has 1 aliphatic rings. The van der Waals surface area contributed by atoms with Gasteiger partial charge in [0.2, 0.25) is 11.8 Å². The van der Waals surface area contributed by atoms with Gasteiger partial charge in [-0.1, -0.05) is 0 Å². The van der Waals surface area contributed by atoms with Gasteiger partial charge in [0.25, 0.3) is 0 Å². The van der Waals surface area contributed by atoms with Crippen molar-refractivity contribution in [2.24, 2.45) is 0 Å². The van der Waals surface area contributed by atoms with Gasteiger partial charge in [0.1, 0.15) is 16.4 Å². The maximum absolute atomic E-state index is 11.2. The number of amides is 1. The maximum atomic E-state index is 11.2. The topological polar surface area (TPSA) is 55.3 Å². The molecule has 1 aromatic heterocycles. The molecule has 0 N–H and O–H groups in total. The van der Waals surface area contributed by atoms with E-state index in [1.807, 2.05) is 6.92 Å². The molecule has 92 valence electrons. The van der Waals surface area contributed by atoms with E-state index in [9.17, 15) is 4.79 Å². The third-order valence-electron chi connectivity index (χ3n) is 2.74. The summed E-state index contributed by atoms with van der Waals surface area (Å²) in [6.07, 6.45) is 2.48. The Morgan fingerprint density at radius 1 is 1.65 bits per heavy atom. The number of hydrogen-bond acceptors (Lipinski definition) is 4. The summed E-state index contributed by atoms with van der Waals surface area (Å²) in [5.74, 6) is 0.637. The van der Waals surface area contributed by atoms with Gasteiger partial charge in [-0.05, 0) is 22.9 Å². The van der Waals surface area contributed by atoms with Gasteiger partial charge in [-0.3, -0.25) is 4.79 Å².